The van der Waals surface area contributed by atoms with E-state index >= 15 is 0 Å². The van der Waals surface area contributed by atoms with Crippen LogP contribution in [0.15, 0.2) is 11.6 Å². The Balaban J connectivity index is 2.53. The monoisotopic (exact) mass is 212 g/mol. The highest BCUT2D eigenvalue weighted by atomic mass is 32.1. The summed E-state index contributed by atoms with van der Waals surface area (Å²) in [4.78, 5) is 4.38. The predicted molar refractivity (Wildman–Crippen MR) is 62.7 cm³/mol. The van der Waals surface area contributed by atoms with Gasteiger partial charge in [-0.3, -0.25) is 0 Å². The molecule has 14 heavy (non-hydrogen) atoms. The van der Waals surface area contributed by atoms with Crippen LogP contribution in [0.1, 0.15) is 51.1 Å². The van der Waals surface area contributed by atoms with Gasteiger partial charge in [-0.25, -0.2) is 4.98 Å². The number of hydrogen-bond donors (Lipinski definition) is 1. The maximum atomic E-state index is 4.38. The summed E-state index contributed by atoms with van der Waals surface area (Å²) in [6.07, 6.45) is 5.61. The molecule has 0 saturated carbocycles. The molecule has 3 heteroatoms. The molecule has 0 bridgehead atoms. The van der Waals surface area contributed by atoms with Crippen LogP contribution < -0.4 is 5.32 Å². The van der Waals surface area contributed by atoms with Crippen molar-refractivity contribution in [2.45, 2.75) is 52.1 Å². The average molecular weight is 212 g/mol. The Labute approximate surface area is 90.8 Å². The van der Waals surface area contributed by atoms with Crippen LogP contribution in [0.3, 0.4) is 0 Å². The molecule has 0 spiro atoms. The molecule has 2 nitrogen and oxygen atoms in total. The summed E-state index contributed by atoms with van der Waals surface area (Å²) in [5.41, 5.74) is 0. The summed E-state index contributed by atoms with van der Waals surface area (Å²) in [5, 5.41) is 6.85. The van der Waals surface area contributed by atoms with E-state index in [-0.39, 0.29) is 0 Å². The Hall–Kier alpha value is -0.410. The van der Waals surface area contributed by atoms with Crippen LogP contribution in [0.2, 0.25) is 0 Å². The Kier molecular flexibility index (Phi) is 5.12. The Morgan fingerprint density at radius 2 is 2.29 bits per heavy atom. The third-order valence-corrected chi connectivity index (χ3v) is 3.02. The molecular formula is C11H20N2S. The summed E-state index contributed by atoms with van der Waals surface area (Å²) < 4.78 is 0. The maximum Gasteiger partial charge on any atom is 0.109 e. The summed E-state index contributed by atoms with van der Waals surface area (Å²) in [5.74, 6) is 0. The second-order valence-corrected chi connectivity index (χ2v) is 4.81. The van der Waals surface area contributed by atoms with Gasteiger partial charge in [-0.05, 0) is 6.42 Å². The zero-order chi connectivity index (χ0) is 10.4. The lowest BCUT2D eigenvalue weighted by Gasteiger charge is -2.18. The van der Waals surface area contributed by atoms with E-state index in [0.717, 1.165) is 0 Å². The number of rotatable bonds is 6. The minimum atomic E-state index is 0.454. The molecule has 1 aromatic heterocycles. The van der Waals surface area contributed by atoms with Gasteiger partial charge in [0.1, 0.15) is 5.01 Å². The normalized spacial score (nSPS) is 13.4. The lowest BCUT2D eigenvalue weighted by molar-refractivity contribution is 0.438. The second-order valence-electron chi connectivity index (χ2n) is 3.89. The van der Waals surface area contributed by atoms with Crippen molar-refractivity contribution in [3.05, 3.63) is 16.6 Å². The molecule has 1 heterocycles. The van der Waals surface area contributed by atoms with Crippen molar-refractivity contribution >= 4 is 11.3 Å². The van der Waals surface area contributed by atoms with Crippen LogP contribution in [0.4, 0.5) is 0 Å². The molecule has 0 aliphatic heterocycles. The van der Waals surface area contributed by atoms with Gasteiger partial charge < -0.3 is 5.32 Å². The highest BCUT2D eigenvalue weighted by Crippen LogP contribution is 2.21. The Morgan fingerprint density at radius 3 is 2.79 bits per heavy atom. The number of aromatic nitrogens is 1. The standard InChI is InChI=1S/C11H20N2S/c1-4-5-6-10(13-9(2)3)11-12-7-8-14-11/h7-10,13H,4-6H2,1-3H3. The fraction of sp³-hybridized carbons (Fsp3) is 0.727. The second kappa shape index (κ2) is 6.14. The van der Waals surface area contributed by atoms with E-state index in [9.17, 15) is 0 Å². The van der Waals surface area contributed by atoms with Crippen LogP contribution in [-0.2, 0) is 0 Å². The average Bonchev–Trinajstić information content (AvgIpc) is 2.64. The fourth-order valence-electron chi connectivity index (χ4n) is 1.50. The van der Waals surface area contributed by atoms with Crippen molar-refractivity contribution in [3.63, 3.8) is 0 Å². The molecule has 1 rings (SSSR count). The van der Waals surface area contributed by atoms with Crippen LogP contribution in [0, 0.1) is 0 Å². The van der Waals surface area contributed by atoms with Gasteiger partial charge in [0.25, 0.3) is 0 Å². The smallest absolute Gasteiger partial charge is 0.109 e. The van der Waals surface area contributed by atoms with Crippen molar-refractivity contribution in [3.8, 4) is 0 Å². The van der Waals surface area contributed by atoms with Crippen LogP contribution >= 0.6 is 11.3 Å². The third kappa shape index (κ3) is 3.76. The zero-order valence-corrected chi connectivity index (χ0v) is 10.1. The molecule has 0 aliphatic rings. The first kappa shape index (κ1) is 11.7. The number of nitrogens with one attached hydrogen (secondary N) is 1. The van der Waals surface area contributed by atoms with E-state index in [1.54, 1.807) is 11.3 Å². The van der Waals surface area contributed by atoms with Crippen LogP contribution in [0.5, 0.6) is 0 Å². The lowest BCUT2D eigenvalue weighted by atomic mass is 10.1. The van der Waals surface area contributed by atoms with Gasteiger partial charge >= 0.3 is 0 Å². The first-order chi connectivity index (χ1) is 6.74. The largest absolute Gasteiger partial charge is 0.306 e. The van der Waals surface area contributed by atoms with Crippen molar-refractivity contribution in [1.82, 2.24) is 10.3 Å². The number of nitrogens with zero attached hydrogens (tertiary/aromatic N) is 1. The predicted octanol–water partition coefficient (Wildman–Crippen LogP) is 3.37. The van der Waals surface area contributed by atoms with Gasteiger partial charge in [-0.2, -0.15) is 0 Å². The zero-order valence-electron chi connectivity index (χ0n) is 9.29. The lowest BCUT2D eigenvalue weighted by Crippen LogP contribution is -2.28. The van der Waals surface area contributed by atoms with E-state index in [0.29, 0.717) is 12.1 Å². The maximum absolute atomic E-state index is 4.38. The van der Waals surface area contributed by atoms with E-state index in [1.807, 2.05) is 6.20 Å². The summed E-state index contributed by atoms with van der Waals surface area (Å²) in [7, 11) is 0. The van der Waals surface area contributed by atoms with Gasteiger partial charge in [0.15, 0.2) is 0 Å². The molecule has 80 valence electrons. The van der Waals surface area contributed by atoms with E-state index < -0.39 is 0 Å². The minimum Gasteiger partial charge on any atom is -0.306 e. The molecule has 0 saturated heterocycles. The van der Waals surface area contributed by atoms with Crippen molar-refractivity contribution in [1.29, 1.82) is 0 Å². The number of thiazole rings is 1. The van der Waals surface area contributed by atoms with Gasteiger partial charge in [-0.1, -0.05) is 33.6 Å². The van der Waals surface area contributed by atoms with Crippen molar-refractivity contribution < 1.29 is 0 Å². The number of hydrogen-bond acceptors (Lipinski definition) is 3. The molecule has 0 radical (unpaired) electrons. The van der Waals surface area contributed by atoms with E-state index in [2.05, 4.69) is 36.5 Å². The molecule has 1 atom stereocenters. The SMILES string of the molecule is CCCCC(NC(C)C)c1nccs1. The van der Waals surface area contributed by atoms with Gasteiger partial charge in [0, 0.05) is 17.6 Å². The van der Waals surface area contributed by atoms with Crippen LogP contribution in [-0.4, -0.2) is 11.0 Å². The first-order valence-electron chi connectivity index (χ1n) is 5.39. The molecule has 0 fully saturated rings. The number of unbranched alkanes of at least 4 members (excludes halogenated alkanes) is 1. The van der Waals surface area contributed by atoms with Gasteiger partial charge in [0.2, 0.25) is 0 Å². The Bertz CT molecular complexity index is 231. The quantitative estimate of drug-likeness (QED) is 0.782. The third-order valence-electron chi connectivity index (χ3n) is 2.13. The summed E-state index contributed by atoms with van der Waals surface area (Å²) >= 11 is 1.75. The topological polar surface area (TPSA) is 24.9 Å². The van der Waals surface area contributed by atoms with Crippen molar-refractivity contribution in [2.75, 3.05) is 0 Å². The van der Waals surface area contributed by atoms with Gasteiger partial charge in [-0.15, -0.1) is 11.3 Å². The van der Waals surface area contributed by atoms with E-state index in [4.69, 9.17) is 0 Å². The van der Waals surface area contributed by atoms with Gasteiger partial charge in [0.05, 0.1) is 6.04 Å². The minimum absolute atomic E-state index is 0.454. The highest BCUT2D eigenvalue weighted by Gasteiger charge is 2.13. The van der Waals surface area contributed by atoms with Crippen molar-refractivity contribution in [2.24, 2.45) is 0 Å². The molecular weight excluding hydrogens is 192 g/mol. The first-order valence-corrected chi connectivity index (χ1v) is 6.27. The summed E-state index contributed by atoms with van der Waals surface area (Å²) in [6.45, 7) is 6.60. The molecule has 0 aromatic carbocycles. The molecule has 0 amide bonds. The highest BCUT2D eigenvalue weighted by molar-refractivity contribution is 7.09. The molecule has 1 aromatic rings. The van der Waals surface area contributed by atoms with E-state index in [1.165, 1.54) is 24.3 Å². The summed E-state index contributed by atoms with van der Waals surface area (Å²) in [6, 6.07) is 0.982. The molecule has 1 unspecified atom stereocenters. The Morgan fingerprint density at radius 1 is 1.50 bits per heavy atom. The van der Waals surface area contributed by atoms with Crippen LogP contribution in [0.25, 0.3) is 0 Å². The molecule has 1 N–H and O–H groups in total. The fourth-order valence-corrected chi connectivity index (χ4v) is 2.23. The molecule has 0 aliphatic carbocycles.